The molecule has 0 unspecified atom stereocenters. The van der Waals surface area contributed by atoms with Crippen LogP contribution < -0.4 is 4.90 Å². The maximum absolute atomic E-state index is 6.38. The Kier molecular flexibility index (Phi) is 9.17. The number of hydrogen-bond acceptors (Lipinski definition) is 2. The van der Waals surface area contributed by atoms with Gasteiger partial charge in [-0.3, -0.25) is 0 Å². The first kappa shape index (κ1) is 38.5. The van der Waals surface area contributed by atoms with Gasteiger partial charge in [-0.2, -0.15) is 0 Å². The van der Waals surface area contributed by atoms with Gasteiger partial charge in [0.15, 0.2) is 0 Å². The summed E-state index contributed by atoms with van der Waals surface area (Å²) >= 11 is 0. The smallest absolute Gasteiger partial charge is 0.143 e. The summed E-state index contributed by atoms with van der Waals surface area (Å²) in [5.41, 5.74) is 17.8. The Balaban J connectivity index is 0.885. The molecule has 3 heteroatoms. The first-order valence-electron chi connectivity index (χ1n) is 22.9. The number of hydrogen-bond donors (Lipinski definition) is 0. The predicted octanol–water partition coefficient (Wildman–Crippen LogP) is 18.0. The number of furan rings is 1. The quantitative estimate of drug-likeness (QED) is 0.152. The van der Waals surface area contributed by atoms with Gasteiger partial charge in [-0.25, -0.2) is 0 Å². The number of anilines is 3. The van der Waals surface area contributed by atoms with E-state index in [0.29, 0.717) is 0 Å². The van der Waals surface area contributed by atoms with Gasteiger partial charge in [0, 0.05) is 49.7 Å². The minimum absolute atomic E-state index is 0.911. The fourth-order valence-corrected chi connectivity index (χ4v) is 10.1. The lowest BCUT2D eigenvalue weighted by atomic mass is 9.97. The standard InChI is InChI=1S/C64H42N2O/c1-2-13-43(14-3-1)50-34-40-54(62(42-50)66-60-22-9-6-17-56(60)57-18-7-10-23-61(57)66)47-32-37-52(38-33-47)65(53-39-31-44-15-4-5-16-49(44)41-53)51-35-29-46(30-36-51)45-25-27-48(28-26-45)55-20-12-21-59-58-19-8-11-24-63(58)67-64(55)59/h1-42H. The molecule has 0 N–H and O–H groups in total. The van der Waals surface area contributed by atoms with E-state index >= 15 is 0 Å². The van der Waals surface area contributed by atoms with Crippen LogP contribution in [0.4, 0.5) is 17.1 Å². The summed E-state index contributed by atoms with van der Waals surface area (Å²) < 4.78 is 8.82. The zero-order valence-electron chi connectivity index (χ0n) is 36.6. The van der Waals surface area contributed by atoms with Crippen LogP contribution >= 0.6 is 0 Å². The second kappa shape index (κ2) is 16.0. The molecule has 67 heavy (non-hydrogen) atoms. The van der Waals surface area contributed by atoms with Crippen LogP contribution in [0.5, 0.6) is 0 Å². The van der Waals surface area contributed by atoms with Crippen molar-refractivity contribution in [1.82, 2.24) is 4.57 Å². The van der Waals surface area contributed by atoms with Crippen LogP contribution in [-0.4, -0.2) is 4.57 Å². The van der Waals surface area contributed by atoms with E-state index in [0.717, 1.165) is 72.5 Å². The van der Waals surface area contributed by atoms with Gasteiger partial charge in [0.05, 0.1) is 16.7 Å². The maximum atomic E-state index is 6.38. The molecule has 0 amide bonds. The lowest BCUT2D eigenvalue weighted by molar-refractivity contribution is 0.670. The molecule has 13 rings (SSSR count). The minimum Gasteiger partial charge on any atom is -0.455 e. The van der Waals surface area contributed by atoms with Crippen LogP contribution in [0.2, 0.25) is 0 Å². The first-order valence-corrected chi connectivity index (χ1v) is 22.9. The topological polar surface area (TPSA) is 21.3 Å². The highest BCUT2D eigenvalue weighted by molar-refractivity contribution is 6.11. The van der Waals surface area contributed by atoms with Gasteiger partial charge in [-0.05, 0) is 105 Å². The summed E-state index contributed by atoms with van der Waals surface area (Å²) in [7, 11) is 0. The highest BCUT2D eigenvalue weighted by Crippen LogP contribution is 2.42. The normalized spacial score (nSPS) is 11.6. The number of rotatable bonds is 8. The van der Waals surface area contributed by atoms with Crippen LogP contribution in [0.3, 0.4) is 0 Å². The first-order chi connectivity index (χ1) is 33.2. The third-order valence-electron chi connectivity index (χ3n) is 13.4. The van der Waals surface area contributed by atoms with Gasteiger partial charge in [0.2, 0.25) is 0 Å². The number of aromatic nitrogens is 1. The second-order valence-electron chi connectivity index (χ2n) is 17.3. The molecule has 0 aliphatic carbocycles. The summed E-state index contributed by atoms with van der Waals surface area (Å²) in [5, 5.41) is 7.19. The third kappa shape index (κ3) is 6.67. The summed E-state index contributed by atoms with van der Waals surface area (Å²) in [6.07, 6.45) is 0. The molecule has 2 aromatic heterocycles. The highest BCUT2D eigenvalue weighted by Gasteiger charge is 2.19. The second-order valence-corrected chi connectivity index (χ2v) is 17.3. The Labute approximate surface area is 388 Å². The molecule has 0 spiro atoms. The van der Waals surface area contributed by atoms with E-state index in [4.69, 9.17) is 4.42 Å². The Hall–Kier alpha value is -8.92. The van der Waals surface area contributed by atoms with E-state index in [1.807, 2.05) is 12.1 Å². The highest BCUT2D eigenvalue weighted by atomic mass is 16.3. The van der Waals surface area contributed by atoms with Crippen molar-refractivity contribution in [2.24, 2.45) is 0 Å². The van der Waals surface area contributed by atoms with Gasteiger partial charge in [0.25, 0.3) is 0 Å². The fraction of sp³-hybridized carbons (Fsp3) is 0. The third-order valence-corrected chi connectivity index (χ3v) is 13.4. The zero-order valence-corrected chi connectivity index (χ0v) is 36.6. The molecular weight excluding hydrogens is 813 g/mol. The molecule has 13 aromatic rings. The molecule has 2 heterocycles. The lowest BCUT2D eigenvalue weighted by Crippen LogP contribution is -2.10. The van der Waals surface area contributed by atoms with E-state index in [2.05, 4.69) is 252 Å². The van der Waals surface area contributed by atoms with E-state index in [1.54, 1.807) is 0 Å². The molecule has 0 radical (unpaired) electrons. The summed E-state index contributed by atoms with van der Waals surface area (Å²) in [6, 6.07) is 92.0. The number of benzene rings is 11. The summed E-state index contributed by atoms with van der Waals surface area (Å²) in [6.45, 7) is 0. The van der Waals surface area contributed by atoms with Crippen molar-refractivity contribution in [3.05, 3.63) is 255 Å². The number of nitrogens with zero attached hydrogens (tertiary/aromatic N) is 2. The van der Waals surface area contributed by atoms with Crippen molar-refractivity contribution in [3.63, 3.8) is 0 Å². The van der Waals surface area contributed by atoms with Crippen molar-refractivity contribution in [1.29, 1.82) is 0 Å². The van der Waals surface area contributed by atoms with Gasteiger partial charge in [-0.1, -0.05) is 194 Å². The van der Waals surface area contributed by atoms with E-state index in [1.165, 1.54) is 49.3 Å². The van der Waals surface area contributed by atoms with Crippen LogP contribution in [0.15, 0.2) is 259 Å². The van der Waals surface area contributed by atoms with Crippen molar-refractivity contribution in [2.75, 3.05) is 4.90 Å². The Morgan fingerprint density at radius 2 is 0.806 bits per heavy atom. The monoisotopic (exact) mass is 854 g/mol. The van der Waals surface area contributed by atoms with E-state index in [9.17, 15) is 0 Å². The van der Waals surface area contributed by atoms with Crippen molar-refractivity contribution < 1.29 is 4.42 Å². The van der Waals surface area contributed by atoms with Crippen molar-refractivity contribution in [2.45, 2.75) is 0 Å². The average Bonchev–Trinajstić information content (AvgIpc) is 3.95. The molecule has 314 valence electrons. The van der Waals surface area contributed by atoms with E-state index < -0.39 is 0 Å². The summed E-state index contributed by atoms with van der Waals surface area (Å²) in [5.74, 6) is 0. The predicted molar refractivity (Wildman–Crippen MR) is 282 cm³/mol. The zero-order chi connectivity index (χ0) is 44.3. The van der Waals surface area contributed by atoms with Crippen LogP contribution in [-0.2, 0) is 0 Å². The molecule has 11 aromatic carbocycles. The van der Waals surface area contributed by atoms with Crippen molar-refractivity contribution >= 4 is 71.6 Å². The molecule has 0 saturated heterocycles. The Morgan fingerprint density at radius 1 is 0.299 bits per heavy atom. The minimum atomic E-state index is 0.911. The number of para-hydroxylation sites is 4. The van der Waals surface area contributed by atoms with E-state index in [-0.39, 0.29) is 0 Å². The molecule has 0 saturated carbocycles. The largest absolute Gasteiger partial charge is 0.455 e. The molecule has 0 aliphatic rings. The Bertz CT molecular complexity index is 3900. The Morgan fingerprint density at radius 3 is 1.52 bits per heavy atom. The summed E-state index contributed by atoms with van der Waals surface area (Å²) in [4.78, 5) is 2.36. The molecule has 0 bridgehead atoms. The lowest BCUT2D eigenvalue weighted by Gasteiger charge is -2.26. The number of fused-ring (bicyclic) bond motifs is 7. The van der Waals surface area contributed by atoms with Gasteiger partial charge < -0.3 is 13.9 Å². The maximum Gasteiger partial charge on any atom is 0.143 e. The molecular formula is C64H42N2O. The van der Waals surface area contributed by atoms with Gasteiger partial charge in [-0.15, -0.1) is 0 Å². The molecule has 0 atom stereocenters. The van der Waals surface area contributed by atoms with Crippen LogP contribution in [0.1, 0.15) is 0 Å². The molecule has 0 aliphatic heterocycles. The van der Waals surface area contributed by atoms with Gasteiger partial charge in [0.1, 0.15) is 11.2 Å². The van der Waals surface area contributed by atoms with Crippen LogP contribution in [0.25, 0.3) is 105 Å². The van der Waals surface area contributed by atoms with Crippen molar-refractivity contribution in [3.8, 4) is 50.2 Å². The fourth-order valence-electron chi connectivity index (χ4n) is 10.1. The molecule has 0 fully saturated rings. The average molecular weight is 855 g/mol. The van der Waals surface area contributed by atoms with Gasteiger partial charge >= 0.3 is 0 Å². The van der Waals surface area contributed by atoms with Crippen LogP contribution in [0, 0.1) is 0 Å². The SMILES string of the molecule is c1ccc(-c2ccc(-c3ccc(N(c4ccc(-c5ccc(-c6cccc7c6oc6ccccc67)cc5)cc4)c4ccc5ccccc5c4)cc3)c(-n3c4ccccc4c4ccccc43)c2)cc1. The molecule has 3 nitrogen and oxygen atoms in total.